The molecule has 108 valence electrons. The third-order valence-corrected chi connectivity index (χ3v) is 6.01. The fraction of sp³-hybridized carbons (Fsp3) is 0.500. The number of hydrazine groups is 1. The van der Waals surface area contributed by atoms with Crippen molar-refractivity contribution in [3.8, 4) is 0 Å². The van der Waals surface area contributed by atoms with Crippen molar-refractivity contribution in [2.24, 2.45) is 5.84 Å². The number of thiophene rings is 1. The Kier molecular flexibility index (Phi) is 4.81. The largest absolute Gasteiger partial charge is 0.395 e. The van der Waals surface area contributed by atoms with Crippen LogP contribution in [0.1, 0.15) is 6.92 Å². The van der Waals surface area contributed by atoms with Crippen molar-refractivity contribution in [3.63, 3.8) is 0 Å². The van der Waals surface area contributed by atoms with Crippen LogP contribution in [0.2, 0.25) is 0 Å². The summed E-state index contributed by atoms with van der Waals surface area (Å²) in [5.74, 6) is 5.11. The number of nitrogen functional groups attached to an aromatic ring is 1. The van der Waals surface area contributed by atoms with Gasteiger partial charge in [-0.2, -0.15) is 4.31 Å². The van der Waals surface area contributed by atoms with Crippen LogP contribution in [0.15, 0.2) is 10.3 Å². The highest BCUT2D eigenvalue weighted by Crippen LogP contribution is 2.37. The number of nitrogens with two attached hydrogens (primary N) is 1. The zero-order valence-electron chi connectivity index (χ0n) is 10.2. The molecule has 0 aliphatic carbocycles. The Hall–Kier alpha value is -1.27. The third kappa shape index (κ3) is 3.01. The average Bonchev–Trinajstić information content (AvgIpc) is 2.81. The maximum Gasteiger partial charge on any atom is 0.306 e. The number of nitrogens with zero attached hydrogens (tertiary/aromatic N) is 2. The number of sulfonamides is 1. The van der Waals surface area contributed by atoms with Crippen LogP contribution in [-0.2, 0) is 10.0 Å². The van der Waals surface area contributed by atoms with Gasteiger partial charge in [0.15, 0.2) is 5.00 Å². The zero-order valence-corrected chi connectivity index (χ0v) is 11.9. The molecule has 0 saturated carbocycles. The topological polar surface area (TPSA) is 139 Å². The number of aliphatic hydroxyl groups is 1. The molecule has 0 amide bonds. The first kappa shape index (κ1) is 15.8. The van der Waals surface area contributed by atoms with E-state index < -0.39 is 26.7 Å². The number of likely N-dealkylation sites (N-methyl/N-ethyl adjacent to an activating group) is 1. The molecule has 0 bridgehead atoms. The summed E-state index contributed by atoms with van der Waals surface area (Å²) in [7, 11) is -2.61. The van der Waals surface area contributed by atoms with Crippen LogP contribution in [0.5, 0.6) is 0 Å². The Bertz CT molecular complexity index is 570. The molecule has 11 heteroatoms. The van der Waals surface area contributed by atoms with Gasteiger partial charge < -0.3 is 10.5 Å². The average molecular weight is 310 g/mol. The fourth-order valence-electron chi connectivity index (χ4n) is 1.22. The summed E-state index contributed by atoms with van der Waals surface area (Å²) >= 11 is 0.662. The molecule has 4 N–H and O–H groups in total. The lowest BCUT2D eigenvalue weighted by molar-refractivity contribution is -0.383. The van der Waals surface area contributed by atoms with Gasteiger partial charge in [-0.1, -0.05) is 11.3 Å². The van der Waals surface area contributed by atoms with Crippen LogP contribution in [0.4, 0.5) is 10.7 Å². The fourth-order valence-corrected chi connectivity index (χ4v) is 4.00. The van der Waals surface area contributed by atoms with Crippen molar-refractivity contribution < 1.29 is 18.4 Å². The number of nitrogens with one attached hydrogen (secondary N) is 1. The lowest BCUT2D eigenvalue weighted by Crippen LogP contribution is -2.36. The van der Waals surface area contributed by atoms with Crippen LogP contribution in [0.3, 0.4) is 0 Å². The third-order valence-electron chi connectivity index (χ3n) is 2.54. The van der Waals surface area contributed by atoms with E-state index in [9.17, 15) is 18.5 Å². The first-order chi connectivity index (χ1) is 8.75. The number of nitro groups is 1. The van der Waals surface area contributed by atoms with Crippen LogP contribution in [0.25, 0.3) is 0 Å². The lowest BCUT2D eigenvalue weighted by Gasteiger charge is -2.21. The highest BCUT2D eigenvalue weighted by Gasteiger charge is 2.31. The maximum absolute atomic E-state index is 12.2. The van der Waals surface area contributed by atoms with Gasteiger partial charge in [0.05, 0.1) is 11.5 Å². The van der Waals surface area contributed by atoms with Crippen LogP contribution >= 0.6 is 11.3 Å². The van der Waals surface area contributed by atoms with E-state index in [0.29, 0.717) is 11.3 Å². The standard InChI is InChI=1S/C8H14N4O5S2/c1-5(4-13)11(2)19(16,17)7-3-6(12(14)15)8(10-9)18-7/h3,5,10,13H,4,9H2,1-2H3. The molecule has 1 unspecified atom stereocenters. The number of hydrogen-bond donors (Lipinski definition) is 3. The summed E-state index contributed by atoms with van der Waals surface area (Å²) in [4.78, 5) is 10.0. The van der Waals surface area contributed by atoms with E-state index in [2.05, 4.69) is 5.43 Å². The van der Waals surface area contributed by atoms with Gasteiger partial charge in [-0.05, 0) is 6.92 Å². The molecule has 0 fully saturated rings. The van der Waals surface area contributed by atoms with Crippen molar-refractivity contribution in [2.75, 3.05) is 19.1 Å². The molecule has 0 aliphatic heterocycles. The minimum absolute atomic E-state index is 0.0476. The van der Waals surface area contributed by atoms with Gasteiger partial charge in [-0.25, -0.2) is 14.3 Å². The van der Waals surface area contributed by atoms with E-state index >= 15 is 0 Å². The molecule has 1 atom stereocenters. The van der Waals surface area contributed by atoms with E-state index in [4.69, 9.17) is 10.9 Å². The van der Waals surface area contributed by atoms with E-state index in [1.54, 1.807) is 0 Å². The Morgan fingerprint density at radius 3 is 2.63 bits per heavy atom. The summed E-state index contributed by atoms with van der Waals surface area (Å²) in [6.07, 6.45) is 0. The van der Waals surface area contributed by atoms with Gasteiger partial charge >= 0.3 is 5.69 Å². The Morgan fingerprint density at radius 1 is 1.68 bits per heavy atom. The number of rotatable bonds is 6. The number of hydrogen-bond acceptors (Lipinski definition) is 8. The van der Waals surface area contributed by atoms with Crippen LogP contribution in [-0.4, -0.2) is 42.4 Å². The summed E-state index contributed by atoms with van der Waals surface area (Å²) in [6.45, 7) is 1.16. The predicted molar refractivity (Wildman–Crippen MR) is 70.3 cm³/mol. The second-order valence-electron chi connectivity index (χ2n) is 3.73. The summed E-state index contributed by atoms with van der Waals surface area (Å²) < 4.78 is 25.1. The first-order valence-corrected chi connectivity index (χ1v) is 7.35. The first-order valence-electron chi connectivity index (χ1n) is 5.09. The van der Waals surface area contributed by atoms with Crippen molar-refractivity contribution in [3.05, 3.63) is 16.2 Å². The Labute approximate surface area is 113 Å². The summed E-state index contributed by atoms with van der Waals surface area (Å²) in [6, 6.07) is 0.302. The van der Waals surface area contributed by atoms with Crippen molar-refractivity contribution in [1.29, 1.82) is 0 Å². The quantitative estimate of drug-likeness (QED) is 0.380. The van der Waals surface area contributed by atoms with E-state index in [1.165, 1.54) is 14.0 Å². The van der Waals surface area contributed by atoms with Gasteiger partial charge in [0.2, 0.25) is 0 Å². The summed E-state index contributed by atoms with van der Waals surface area (Å²) in [5.41, 5.74) is 1.69. The van der Waals surface area contributed by atoms with Gasteiger partial charge in [0.25, 0.3) is 10.0 Å². The summed E-state index contributed by atoms with van der Waals surface area (Å²) in [5, 5.41) is 19.7. The Balaban J connectivity index is 3.26. The van der Waals surface area contributed by atoms with Gasteiger partial charge in [-0.15, -0.1) is 0 Å². The van der Waals surface area contributed by atoms with Crippen molar-refractivity contribution in [2.45, 2.75) is 17.2 Å². The molecule has 1 heterocycles. The molecular formula is C8H14N4O5S2. The molecule has 19 heavy (non-hydrogen) atoms. The van der Waals surface area contributed by atoms with Crippen LogP contribution in [0, 0.1) is 10.1 Å². The normalized spacial score (nSPS) is 13.5. The molecule has 0 saturated heterocycles. The molecule has 0 aliphatic rings. The highest BCUT2D eigenvalue weighted by atomic mass is 32.2. The number of anilines is 1. The van der Waals surface area contributed by atoms with Crippen LogP contribution < -0.4 is 11.3 Å². The predicted octanol–water partition coefficient (Wildman–Crippen LogP) is -0.0568. The molecule has 0 aromatic carbocycles. The number of aliphatic hydroxyl groups excluding tert-OH is 1. The van der Waals surface area contributed by atoms with Gasteiger partial charge in [-0.3, -0.25) is 10.1 Å². The molecule has 1 aromatic rings. The zero-order chi connectivity index (χ0) is 14.8. The van der Waals surface area contributed by atoms with E-state index in [-0.39, 0.29) is 15.8 Å². The molecular weight excluding hydrogens is 296 g/mol. The maximum atomic E-state index is 12.2. The van der Waals surface area contributed by atoms with E-state index in [0.717, 1.165) is 10.4 Å². The molecule has 1 aromatic heterocycles. The molecule has 1 rings (SSSR count). The lowest BCUT2D eigenvalue weighted by atomic mass is 10.4. The van der Waals surface area contributed by atoms with Gasteiger partial charge in [0.1, 0.15) is 4.21 Å². The second kappa shape index (κ2) is 5.79. The molecule has 0 radical (unpaired) electrons. The Morgan fingerprint density at radius 2 is 2.26 bits per heavy atom. The smallest absolute Gasteiger partial charge is 0.306 e. The second-order valence-corrected chi connectivity index (χ2v) is 7.01. The highest BCUT2D eigenvalue weighted by molar-refractivity contribution is 7.91. The minimum Gasteiger partial charge on any atom is -0.395 e. The van der Waals surface area contributed by atoms with Gasteiger partial charge in [0, 0.05) is 19.2 Å². The van der Waals surface area contributed by atoms with Crippen molar-refractivity contribution in [1.82, 2.24) is 4.31 Å². The molecule has 9 nitrogen and oxygen atoms in total. The van der Waals surface area contributed by atoms with Crippen molar-refractivity contribution >= 4 is 32.0 Å². The van der Waals surface area contributed by atoms with E-state index in [1.807, 2.05) is 0 Å². The molecule has 0 spiro atoms. The monoisotopic (exact) mass is 310 g/mol. The SMILES string of the molecule is CC(CO)N(C)S(=O)(=O)c1cc([N+](=O)[O-])c(NN)s1. The minimum atomic E-state index is -3.90.